The van der Waals surface area contributed by atoms with Crippen molar-refractivity contribution in [1.82, 2.24) is 20.3 Å². The zero-order valence-corrected chi connectivity index (χ0v) is 30.7. The molecule has 2 saturated carbocycles. The minimum Gasteiger partial charge on any atom is -0.490 e. The van der Waals surface area contributed by atoms with E-state index in [9.17, 15) is 36.4 Å². The smallest absolute Gasteiger partial charge is 0.408 e. The summed E-state index contributed by atoms with van der Waals surface area (Å²) in [6.07, 6.45) is -1.63. The number of amides is 4. The Morgan fingerprint density at radius 2 is 1.69 bits per heavy atom. The second-order valence-corrected chi connectivity index (χ2v) is 17.2. The maximum absolute atomic E-state index is 14.4. The molecule has 14 nitrogen and oxygen atoms in total. The molecule has 3 N–H and O–H groups in total. The molecule has 17 heteroatoms. The van der Waals surface area contributed by atoms with E-state index in [-0.39, 0.29) is 26.2 Å². The minimum absolute atomic E-state index is 0.132. The first kappa shape index (κ1) is 37.3. The number of hydrogen-bond acceptors (Lipinski definition) is 10. The Bertz CT molecular complexity index is 2050. The van der Waals surface area contributed by atoms with Gasteiger partial charge in [-0.25, -0.2) is 22.0 Å². The van der Waals surface area contributed by atoms with Gasteiger partial charge in [0.2, 0.25) is 28.3 Å². The van der Waals surface area contributed by atoms with E-state index in [1.165, 1.54) is 4.90 Å². The number of rotatable bonds is 6. The van der Waals surface area contributed by atoms with E-state index in [1.54, 1.807) is 32.9 Å². The summed E-state index contributed by atoms with van der Waals surface area (Å²) < 4.78 is 66.5. The van der Waals surface area contributed by atoms with Gasteiger partial charge < -0.3 is 29.8 Å². The lowest BCUT2D eigenvalue weighted by Gasteiger charge is -2.35. The summed E-state index contributed by atoms with van der Waals surface area (Å²) in [5.74, 6) is -4.04. The van der Waals surface area contributed by atoms with Gasteiger partial charge in [-0.3, -0.25) is 19.1 Å². The van der Waals surface area contributed by atoms with Gasteiger partial charge in [-0.1, -0.05) is 50.2 Å². The van der Waals surface area contributed by atoms with E-state index in [0.717, 1.165) is 22.3 Å². The summed E-state index contributed by atoms with van der Waals surface area (Å²) in [5, 5.41) is 8.72. The lowest BCUT2D eigenvalue weighted by atomic mass is 9.85. The molecule has 0 spiro atoms. The fraction of sp³-hybridized carbons (Fsp3) is 0.486. The summed E-state index contributed by atoms with van der Waals surface area (Å²) in [7, 11) is -4.13. The van der Waals surface area contributed by atoms with Crippen LogP contribution in [0.1, 0.15) is 57.6 Å². The zero-order valence-electron chi connectivity index (χ0n) is 29.8. The SMILES string of the molecule is CC(C)(C)[C@@H]1NC(=O)OCC=CCOc2ccc3c(c2)C(=NO[C@@H]2C[C@@H](C(=O)N[C@]4(C(=O)NS(=O)(=O)C5CC5)C[C@H]4C(F)F)N(C2)C1=O)c1ccccc1-3. The Hall–Kier alpha value is -5.06. The number of carbonyl (C=O) groups excluding carboxylic acids is 4. The van der Waals surface area contributed by atoms with Crippen LogP contribution in [0.2, 0.25) is 0 Å². The number of benzene rings is 2. The van der Waals surface area contributed by atoms with E-state index < -0.39 is 87.0 Å². The lowest BCUT2D eigenvalue weighted by Crippen LogP contribution is -2.60. The Morgan fingerprint density at radius 1 is 1.00 bits per heavy atom. The predicted molar refractivity (Wildman–Crippen MR) is 190 cm³/mol. The number of cyclic esters (lactones) is 1. The lowest BCUT2D eigenvalue weighted by molar-refractivity contribution is -0.143. The zero-order chi connectivity index (χ0) is 38.6. The average Bonchev–Trinajstić information content (AvgIpc) is 4.03. The number of carbonyl (C=O) groups is 4. The third-order valence-electron chi connectivity index (χ3n) is 10.3. The molecule has 5 aliphatic rings. The summed E-state index contributed by atoms with van der Waals surface area (Å²) in [5.41, 5.74) is 0.661. The quantitative estimate of drug-likeness (QED) is 0.317. The Morgan fingerprint density at radius 3 is 2.35 bits per heavy atom. The number of sulfonamides is 1. The van der Waals surface area contributed by atoms with Crippen molar-refractivity contribution in [2.24, 2.45) is 16.5 Å². The average molecular weight is 770 g/mol. The van der Waals surface area contributed by atoms with Crippen LogP contribution in [0.25, 0.3) is 11.1 Å². The molecule has 1 saturated heterocycles. The van der Waals surface area contributed by atoms with Gasteiger partial charge in [-0.15, -0.1) is 0 Å². The van der Waals surface area contributed by atoms with Crippen LogP contribution in [0.5, 0.6) is 5.75 Å². The second-order valence-electron chi connectivity index (χ2n) is 15.3. The maximum Gasteiger partial charge on any atom is 0.408 e. The molecule has 4 amide bonds. The van der Waals surface area contributed by atoms with Gasteiger partial charge in [-0.05, 0) is 66.2 Å². The number of alkyl carbamates (subject to hydrolysis) is 1. The molecule has 2 aromatic carbocycles. The van der Waals surface area contributed by atoms with E-state index in [0.29, 0.717) is 24.3 Å². The minimum atomic E-state index is -4.13. The monoisotopic (exact) mass is 769 g/mol. The van der Waals surface area contributed by atoms with Crippen LogP contribution >= 0.6 is 0 Å². The highest BCUT2D eigenvalue weighted by Gasteiger charge is 2.67. The van der Waals surface area contributed by atoms with Gasteiger partial charge >= 0.3 is 6.09 Å². The summed E-state index contributed by atoms with van der Waals surface area (Å²) in [6.45, 7) is 4.95. The van der Waals surface area contributed by atoms with Crippen molar-refractivity contribution in [3.63, 3.8) is 0 Å². The van der Waals surface area contributed by atoms with Gasteiger partial charge in [0, 0.05) is 17.5 Å². The first-order chi connectivity index (χ1) is 25.6. The summed E-state index contributed by atoms with van der Waals surface area (Å²) in [4.78, 5) is 62.0. The van der Waals surface area contributed by atoms with Crippen LogP contribution in [-0.2, 0) is 34.0 Å². The standard InChI is InChI=1S/C37H41F2N5O9S/c1-36(2,3)30-33(46)44-19-21(17-28(44)32(45)41-37(18-27(37)31(38)39)34(47)43-54(49,50)22-11-12-22)53-42-29-25-9-5-4-8-23(25)24-13-10-20(16-26(24)29)51-14-6-7-15-52-35(48)40-30/h4-10,13,16,21-22,27-28,30-31H,11-12,14-15,17-19H2,1-3H3,(H,40,48)(H,41,45)(H,43,47)/t21-,27+,28+,30-,37-/m1/s1. The molecule has 2 aromatic rings. The number of oxime groups is 1. The van der Waals surface area contributed by atoms with Crippen molar-refractivity contribution in [1.29, 1.82) is 0 Å². The molecule has 54 heavy (non-hydrogen) atoms. The number of alkyl halides is 2. The fourth-order valence-electron chi connectivity index (χ4n) is 7.12. The van der Waals surface area contributed by atoms with Crippen molar-refractivity contribution >= 4 is 39.5 Å². The maximum atomic E-state index is 14.4. The fourth-order valence-corrected chi connectivity index (χ4v) is 8.49. The van der Waals surface area contributed by atoms with E-state index >= 15 is 0 Å². The van der Waals surface area contributed by atoms with Gasteiger partial charge in [0.25, 0.3) is 5.91 Å². The number of hydrogen-bond donors (Lipinski definition) is 3. The van der Waals surface area contributed by atoms with Crippen molar-refractivity contribution in [3.8, 4) is 16.9 Å². The molecule has 2 heterocycles. The van der Waals surface area contributed by atoms with Gasteiger partial charge in [0.15, 0.2) is 0 Å². The topological polar surface area (TPSA) is 182 Å². The first-order valence-corrected chi connectivity index (χ1v) is 19.3. The van der Waals surface area contributed by atoms with Crippen LogP contribution in [0.15, 0.2) is 59.8 Å². The normalized spacial score (nSPS) is 26.9. The summed E-state index contributed by atoms with van der Waals surface area (Å²) >= 11 is 0. The van der Waals surface area contributed by atoms with Gasteiger partial charge in [-0.2, -0.15) is 0 Å². The van der Waals surface area contributed by atoms with Crippen molar-refractivity contribution in [2.75, 3.05) is 19.8 Å². The number of nitrogens with one attached hydrogen (secondary N) is 3. The number of ether oxygens (including phenoxy) is 2. The molecule has 7 rings (SSSR count). The Balaban J connectivity index is 1.23. The highest BCUT2D eigenvalue weighted by molar-refractivity contribution is 7.91. The van der Waals surface area contributed by atoms with E-state index in [2.05, 4.69) is 15.8 Å². The van der Waals surface area contributed by atoms with Crippen LogP contribution in [0.3, 0.4) is 0 Å². The van der Waals surface area contributed by atoms with Gasteiger partial charge in [0.05, 0.1) is 17.7 Å². The first-order valence-electron chi connectivity index (χ1n) is 17.7. The number of nitrogens with zero attached hydrogens (tertiary/aromatic N) is 2. The molecule has 0 aromatic heterocycles. The van der Waals surface area contributed by atoms with Crippen LogP contribution < -0.4 is 20.1 Å². The van der Waals surface area contributed by atoms with E-state index in [1.807, 2.05) is 47.2 Å². The summed E-state index contributed by atoms with van der Waals surface area (Å²) in [6, 6.07) is 10.5. The molecule has 2 aliphatic heterocycles. The van der Waals surface area contributed by atoms with Crippen molar-refractivity contribution in [3.05, 3.63) is 65.7 Å². The number of halogens is 2. The number of fused-ring (bicyclic) bond motifs is 6. The Labute approximate surface area is 310 Å². The molecule has 288 valence electrons. The third kappa shape index (κ3) is 7.24. The van der Waals surface area contributed by atoms with Crippen molar-refractivity contribution in [2.45, 2.75) is 81.9 Å². The molecule has 4 bridgehead atoms. The predicted octanol–water partition coefficient (Wildman–Crippen LogP) is 3.24. The van der Waals surface area contributed by atoms with Crippen LogP contribution in [-0.4, -0.2) is 98.0 Å². The molecule has 0 unspecified atom stereocenters. The Kier molecular flexibility index (Phi) is 9.64. The van der Waals surface area contributed by atoms with Gasteiger partial charge in [0.1, 0.15) is 48.4 Å². The molecular weight excluding hydrogens is 728 g/mol. The molecular formula is C37H41F2N5O9S. The molecule has 3 fully saturated rings. The largest absolute Gasteiger partial charge is 0.490 e. The third-order valence-corrected chi connectivity index (χ3v) is 12.1. The van der Waals surface area contributed by atoms with Crippen LogP contribution in [0.4, 0.5) is 13.6 Å². The van der Waals surface area contributed by atoms with Crippen molar-refractivity contribution < 1.29 is 50.7 Å². The van der Waals surface area contributed by atoms with Crippen LogP contribution in [0, 0.1) is 11.3 Å². The molecule has 0 radical (unpaired) electrons. The second kappa shape index (κ2) is 14.0. The van der Waals surface area contributed by atoms with E-state index in [4.69, 9.17) is 14.3 Å². The molecule has 5 atom stereocenters. The highest BCUT2D eigenvalue weighted by Crippen LogP contribution is 2.48. The highest BCUT2D eigenvalue weighted by atomic mass is 32.2. The molecule has 3 aliphatic carbocycles.